The topological polar surface area (TPSA) is 127 Å². The van der Waals surface area contributed by atoms with Gasteiger partial charge in [-0.05, 0) is 43.7 Å². The number of aliphatic hydroxyl groups is 1. The zero-order valence-electron chi connectivity index (χ0n) is 22.1. The van der Waals surface area contributed by atoms with E-state index in [0.29, 0.717) is 31.9 Å². The number of aromatic nitrogens is 2. The molecule has 0 spiro atoms. The number of piperidine rings is 1. The molecule has 2 aromatic rings. The van der Waals surface area contributed by atoms with Crippen molar-refractivity contribution >= 4 is 17.3 Å². The lowest BCUT2D eigenvalue weighted by Gasteiger charge is -2.37. The number of hydrogen-bond acceptors (Lipinski definition) is 10. The molecule has 6 rings (SSSR count). The van der Waals surface area contributed by atoms with Crippen LogP contribution >= 0.6 is 0 Å². The summed E-state index contributed by atoms with van der Waals surface area (Å²) in [6, 6.07) is 5.03. The second-order valence-corrected chi connectivity index (χ2v) is 10.0. The van der Waals surface area contributed by atoms with Crippen LogP contribution in [-0.4, -0.2) is 70.5 Å². The molecule has 216 valence electrons. The van der Waals surface area contributed by atoms with Crippen LogP contribution in [0.3, 0.4) is 0 Å². The standard InChI is InChI=1S/C27H29F3N8O3/c1-2-41-16-10-17(24-18-12-33-35-25(18)36-38(24)13-16)15-5-6-22(32-11-15)37-9-7-20(21(39)14-37)34-26(40)23-19(27(28,29)30)4-3-8-31-23/h3-6,8,10-11,13,20-21,25,33,35-36,39H,2,7,9,12,14H2,1H3,(H,34,40)/t20-,21+,25?/m0/s1. The number of amides is 1. The summed E-state index contributed by atoms with van der Waals surface area (Å²) < 4.78 is 45.7. The molecule has 0 radical (unpaired) electrons. The smallest absolute Gasteiger partial charge is 0.418 e. The van der Waals surface area contributed by atoms with Crippen LogP contribution in [0.15, 0.2) is 66.0 Å². The second kappa shape index (κ2) is 10.8. The lowest BCUT2D eigenvalue weighted by Crippen LogP contribution is -2.54. The minimum absolute atomic E-state index is 0.0288. The van der Waals surface area contributed by atoms with E-state index in [1.54, 1.807) is 6.20 Å². The minimum atomic E-state index is -4.72. The highest BCUT2D eigenvalue weighted by molar-refractivity contribution is 5.94. The molecule has 14 heteroatoms. The number of rotatable bonds is 6. The van der Waals surface area contributed by atoms with E-state index in [1.165, 1.54) is 5.57 Å². The molecule has 0 saturated carbocycles. The molecule has 11 nitrogen and oxygen atoms in total. The summed E-state index contributed by atoms with van der Waals surface area (Å²) in [5.74, 6) is 0.385. The highest BCUT2D eigenvalue weighted by Gasteiger charge is 2.39. The van der Waals surface area contributed by atoms with Crippen molar-refractivity contribution in [3.8, 4) is 0 Å². The number of aliphatic hydroxyl groups excluding tert-OH is 1. The number of alkyl halides is 3. The maximum atomic E-state index is 13.3. The normalized spacial score (nSPS) is 24.1. The number of hydrogen-bond donors (Lipinski definition) is 5. The average Bonchev–Trinajstić information content (AvgIpc) is 3.55. The van der Waals surface area contributed by atoms with Crippen molar-refractivity contribution in [2.75, 3.05) is 31.1 Å². The summed E-state index contributed by atoms with van der Waals surface area (Å²) in [7, 11) is 0. The Bertz CT molecular complexity index is 1430. The quantitative estimate of drug-likeness (QED) is 0.350. The number of carbonyl (C=O) groups is 1. The molecular formula is C27H29F3N8O3. The van der Waals surface area contributed by atoms with Crippen molar-refractivity contribution in [3.63, 3.8) is 0 Å². The van der Waals surface area contributed by atoms with Gasteiger partial charge in [0, 0.05) is 48.7 Å². The number of carbonyl (C=O) groups excluding carboxylic acids is 1. The van der Waals surface area contributed by atoms with Crippen molar-refractivity contribution in [3.05, 3.63) is 82.8 Å². The van der Waals surface area contributed by atoms with E-state index in [9.17, 15) is 23.1 Å². The highest BCUT2D eigenvalue weighted by Crippen LogP contribution is 2.38. The molecule has 0 bridgehead atoms. The van der Waals surface area contributed by atoms with Crippen molar-refractivity contribution in [2.24, 2.45) is 0 Å². The van der Waals surface area contributed by atoms with Gasteiger partial charge in [0.15, 0.2) is 0 Å². The maximum Gasteiger partial charge on any atom is 0.418 e. The Labute approximate surface area is 233 Å². The molecule has 2 aromatic heterocycles. The van der Waals surface area contributed by atoms with Crippen LogP contribution in [0, 0.1) is 0 Å². The molecule has 3 atom stereocenters. The highest BCUT2D eigenvalue weighted by atomic mass is 19.4. The van der Waals surface area contributed by atoms with Gasteiger partial charge in [0.05, 0.1) is 36.2 Å². The Hall–Kier alpha value is -3.98. The first-order valence-corrected chi connectivity index (χ1v) is 13.3. The molecule has 0 aromatic carbocycles. The molecular weight excluding hydrogens is 541 g/mol. The number of nitrogens with zero attached hydrogens (tertiary/aromatic N) is 4. The molecule has 2 fully saturated rings. The summed E-state index contributed by atoms with van der Waals surface area (Å²) in [5.41, 5.74) is 12.0. The first-order valence-electron chi connectivity index (χ1n) is 13.3. The summed E-state index contributed by atoms with van der Waals surface area (Å²) in [6.07, 6.45) is 1.36. The largest absolute Gasteiger partial charge is 0.492 e. The van der Waals surface area contributed by atoms with E-state index in [4.69, 9.17) is 4.74 Å². The molecule has 4 aliphatic heterocycles. The third kappa shape index (κ3) is 5.26. The first-order chi connectivity index (χ1) is 19.7. The first kappa shape index (κ1) is 27.2. The Kier molecular flexibility index (Phi) is 7.15. The third-order valence-corrected chi connectivity index (χ3v) is 7.41. The van der Waals surface area contributed by atoms with Gasteiger partial charge in [-0.25, -0.2) is 15.8 Å². The zero-order chi connectivity index (χ0) is 28.7. The van der Waals surface area contributed by atoms with E-state index < -0.39 is 35.5 Å². The Morgan fingerprint density at radius 2 is 2.12 bits per heavy atom. The van der Waals surface area contributed by atoms with Crippen LogP contribution < -0.4 is 26.5 Å². The van der Waals surface area contributed by atoms with Crippen molar-refractivity contribution in [2.45, 2.75) is 37.8 Å². The van der Waals surface area contributed by atoms with Crippen LogP contribution in [-0.2, 0) is 10.9 Å². The molecule has 2 saturated heterocycles. The lowest BCUT2D eigenvalue weighted by molar-refractivity contribution is -0.138. The molecule has 1 amide bonds. The predicted molar refractivity (Wildman–Crippen MR) is 142 cm³/mol. The van der Waals surface area contributed by atoms with Crippen LogP contribution in [0.1, 0.15) is 35.0 Å². The van der Waals surface area contributed by atoms with Crippen molar-refractivity contribution in [1.82, 2.24) is 36.6 Å². The number of hydrazine groups is 2. The van der Waals surface area contributed by atoms with Gasteiger partial charge in [0.25, 0.3) is 5.91 Å². The van der Waals surface area contributed by atoms with Gasteiger partial charge >= 0.3 is 6.18 Å². The fraction of sp³-hybridized carbons (Fsp3) is 0.370. The van der Waals surface area contributed by atoms with E-state index in [1.807, 2.05) is 41.2 Å². The fourth-order valence-electron chi connectivity index (χ4n) is 5.46. The van der Waals surface area contributed by atoms with E-state index >= 15 is 0 Å². The predicted octanol–water partition coefficient (Wildman–Crippen LogP) is 1.65. The lowest BCUT2D eigenvalue weighted by atomic mass is 9.97. The number of ether oxygens (including phenoxy) is 1. The number of halogens is 3. The number of β-amino-alcohol motifs (C(OH)–C–C–N with tert-alkyl or cyclic N) is 1. The summed E-state index contributed by atoms with van der Waals surface area (Å²) in [4.78, 5) is 22.8. The van der Waals surface area contributed by atoms with E-state index in [0.717, 1.165) is 40.9 Å². The maximum absolute atomic E-state index is 13.3. The number of nitrogens with one attached hydrogen (secondary N) is 4. The Morgan fingerprint density at radius 1 is 1.27 bits per heavy atom. The molecule has 6 heterocycles. The fourth-order valence-corrected chi connectivity index (χ4v) is 5.46. The second-order valence-electron chi connectivity index (χ2n) is 10.0. The van der Waals surface area contributed by atoms with Crippen LogP contribution in [0.5, 0.6) is 0 Å². The molecule has 1 unspecified atom stereocenters. The van der Waals surface area contributed by atoms with Crippen LogP contribution in [0.2, 0.25) is 0 Å². The third-order valence-electron chi connectivity index (χ3n) is 7.41. The van der Waals surface area contributed by atoms with Gasteiger partial charge in [-0.1, -0.05) is 0 Å². The van der Waals surface area contributed by atoms with Gasteiger partial charge in [-0.3, -0.25) is 20.2 Å². The van der Waals surface area contributed by atoms with Gasteiger partial charge in [-0.15, -0.1) is 0 Å². The zero-order valence-corrected chi connectivity index (χ0v) is 22.1. The Morgan fingerprint density at radius 3 is 2.85 bits per heavy atom. The van der Waals surface area contributed by atoms with Gasteiger partial charge < -0.3 is 20.1 Å². The van der Waals surface area contributed by atoms with Crippen molar-refractivity contribution in [1.29, 1.82) is 0 Å². The summed E-state index contributed by atoms with van der Waals surface area (Å²) in [5, 5.41) is 15.3. The number of pyridine rings is 2. The van der Waals surface area contributed by atoms with Crippen LogP contribution in [0.4, 0.5) is 19.0 Å². The minimum Gasteiger partial charge on any atom is -0.492 e. The summed E-state index contributed by atoms with van der Waals surface area (Å²) in [6.45, 7) is 3.73. The number of anilines is 1. The number of fused-ring (bicyclic) bond motifs is 2. The summed E-state index contributed by atoms with van der Waals surface area (Å²) >= 11 is 0. The molecule has 0 aliphatic carbocycles. The number of allylic oxidation sites excluding steroid dienone is 2. The monoisotopic (exact) mass is 570 g/mol. The van der Waals surface area contributed by atoms with Crippen molar-refractivity contribution < 1.29 is 27.8 Å². The van der Waals surface area contributed by atoms with E-state index in [-0.39, 0.29) is 12.7 Å². The van der Waals surface area contributed by atoms with E-state index in [2.05, 4.69) is 31.6 Å². The average molecular weight is 571 g/mol. The SMILES string of the molecule is CCOC1=CN2NC3NNCC3=C2C(c2ccc(N3CC[C@H](NC(=O)c4ncccc4C(F)(F)F)[C@H](O)C3)nc2)=C1. The molecule has 4 aliphatic rings. The van der Waals surface area contributed by atoms with Crippen LogP contribution in [0.25, 0.3) is 5.57 Å². The van der Waals surface area contributed by atoms with Gasteiger partial charge in [0.1, 0.15) is 23.4 Å². The molecule has 5 N–H and O–H groups in total. The Balaban J connectivity index is 1.15. The molecule has 41 heavy (non-hydrogen) atoms. The van der Waals surface area contributed by atoms with Gasteiger partial charge in [-0.2, -0.15) is 13.2 Å². The van der Waals surface area contributed by atoms with Gasteiger partial charge in [0.2, 0.25) is 0 Å².